The maximum absolute atomic E-state index is 10.2. The Morgan fingerprint density at radius 1 is 1.26 bits per heavy atom. The quantitative estimate of drug-likeness (QED) is 0.670. The molecular weight excluding hydrogens is 354 g/mol. The summed E-state index contributed by atoms with van der Waals surface area (Å²) in [5.74, 6) is 0.518. The number of unbranched alkanes of at least 4 members (excludes halogenated alkanes) is 1. The summed E-state index contributed by atoms with van der Waals surface area (Å²) in [7, 11) is 1.53. The smallest absolute Gasteiger partial charge is 0.166 e. The molecule has 0 atom stereocenters. The maximum Gasteiger partial charge on any atom is 0.166 e. The van der Waals surface area contributed by atoms with Gasteiger partial charge in [-0.2, -0.15) is 0 Å². The first kappa shape index (κ1) is 17.5. The van der Waals surface area contributed by atoms with Gasteiger partial charge in [0.15, 0.2) is 11.5 Å². The number of aromatic hydroxyl groups is 1. The molecule has 0 bridgehead atoms. The summed E-state index contributed by atoms with van der Waals surface area (Å²) in [5, 5.41) is 10.2. The van der Waals surface area contributed by atoms with Gasteiger partial charge < -0.3 is 9.84 Å². The lowest BCUT2D eigenvalue weighted by atomic mass is 10.0. The normalized spacial score (nSPS) is 11.1. The van der Waals surface area contributed by atoms with Crippen LogP contribution in [0.1, 0.15) is 36.5 Å². The first-order valence-corrected chi connectivity index (χ1v) is 8.54. The van der Waals surface area contributed by atoms with Gasteiger partial charge in [0.2, 0.25) is 0 Å². The standard InChI is InChI=1S/C19H22BrNO2/c1-4-5-6-14-7-8-17(13(2)9-14)21-12-15-10-16(20)11-18(23-3)19(15)22/h7-12,22H,4-6H2,1-3H3. The van der Waals surface area contributed by atoms with Crippen molar-refractivity contribution in [3.05, 3.63) is 51.5 Å². The van der Waals surface area contributed by atoms with Crippen LogP contribution in [0.2, 0.25) is 0 Å². The molecule has 0 aliphatic rings. The van der Waals surface area contributed by atoms with Crippen LogP contribution in [0.25, 0.3) is 0 Å². The highest BCUT2D eigenvalue weighted by atomic mass is 79.9. The minimum atomic E-state index is 0.0941. The van der Waals surface area contributed by atoms with Crippen molar-refractivity contribution in [1.29, 1.82) is 0 Å². The summed E-state index contributed by atoms with van der Waals surface area (Å²) in [6.45, 7) is 4.26. The van der Waals surface area contributed by atoms with E-state index in [-0.39, 0.29) is 5.75 Å². The molecule has 0 fully saturated rings. The van der Waals surface area contributed by atoms with Gasteiger partial charge in [-0.3, -0.25) is 4.99 Å². The predicted molar refractivity (Wildman–Crippen MR) is 99.4 cm³/mol. The molecule has 0 aliphatic carbocycles. The van der Waals surface area contributed by atoms with E-state index in [1.165, 1.54) is 25.5 Å². The van der Waals surface area contributed by atoms with Gasteiger partial charge in [0.25, 0.3) is 0 Å². The van der Waals surface area contributed by atoms with Crippen LogP contribution >= 0.6 is 15.9 Å². The van der Waals surface area contributed by atoms with Crippen molar-refractivity contribution in [2.45, 2.75) is 33.1 Å². The number of rotatable bonds is 6. The number of nitrogens with zero attached hydrogens (tertiary/aromatic N) is 1. The summed E-state index contributed by atoms with van der Waals surface area (Å²) < 4.78 is 5.99. The molecule has 2 rings (SSSR count). The van der Waals surface area contributed by atoms with Crippen LogP contribution in [-0.2, 0) is 6.42 Å². The van der Waals surface area contributed by atoms with Crippen LogP contribution in [0, 0.1) is 6.92 Å². The zero-order chi connectivity index (χ0) is 16.8. The third-order valence-corrected chi connectivity index (χ3v) is 4.17. The second kappa shape index (κ2) is 8.16. The van der Waals surface area contributed by atoms with E-state index in [4.69, 9.17) is 4.74 Å². The van der Waals surface area contributed by atoms with E-state index < -0.39 is 0 Å². The third-order valence-electron chi connectivity index (χ3n) is 3.71. The Bertz CT molecular complexity index is 711. The van der Waals surface area contributed by atoms with E-state index in [9.17, 15) is 5.11 Å². The van der Waals surface area contributed by atoms with Gasteiger partial charge in [-0.05, 0) is 49.1 Å². The number of ether oxygens (including phenoxy) is 1. The van der Waals surface area contributed by atoms with Gasteiger partial charge in [-0.15, -0.1) is 0 Å². The predicted octanol–water partition coefficient (Wildman–Crippen LogP) is 5.56. The van der Waals surface area contributed by atoms with E-state index in [2.05, 4.69) is 46.9 Å². The lowest BCUT2D eigenvalue weighted by molar-refractivity contribution is 0.373. The molecular formula is C19H22BrNO2. The summed E-state index contributed by atoms with van der Waals surface area (Å²) in [6, 6.07) is 9.87. The average molecular weight is 376 g/mol. The van der Waals surface area contributed by atoms with Crippen molar-refractivity contribution in [2.24, 2.45) is 4.99 Å². The van der Waals surface area contributed by atoms with E-state index in [0.29, 0.717) is 11.3 Å². The molecule has 0 amide bonds. The molecule has 0 saturated carbocycles. The number of aryl methyl sites for hydroxylation is 2. The number of hydrogen-bond donors (Lipinski definition) is 1. The molecule has 23 heavy (non-hydrogen) atoms. The minimum Gasteiger partial charge on any atom is -0.504 e. The Morgan fingerprint density at radius 3 is 2.70 bits per heavy atom. The Kier molecular flexibility index (Phi) is 6.22. The SMILES string of the molecule is CCCCc1ccc(N=Cc2cc(Br)cc(OC)c2O)c(C)c1. The largest absolute Gasteiger partial charge is 0.504 e. The van der Waals surface area contributed by atoms with Crippen LogP contribution in [0.4, 0.5) is 5.69 Å². The summed E-state index contributed by atoms with van der Waals surface area (Å²) in [5.41, 5.74) is 4.00. The first-order valence-electron chi connectivity index (χ1n) is 7.75. The van der Waals surface area contributed by atoms with E-state index >= 15 is 0 Å². The number of phenolic OH excluding ortho intramolecular Hbond substituents is 1. The van der Waals surface area contributed by atoms with Crippen molar-refractivity contribution < 1.29 is 9.84 Å². The van der Waals surface area contributed by atoms with Crippen LogP contribution in [0.15, 0.2) is 39.8 Å². The van der Waals surface area contributed by atoms with Crippen molar-refractivity contribution in [1.82, 2.24) is 0 Å². The zero-order valence-electron chi connectivity index (χ0n) is 13.8. The molecule has 0 saturated heterocycles. The number of methoxy groups -OCH3 is 1. The van der Waals surface area contributed by atoms with Crippen LogP contribution in [-0.4, -0.2) is 18.4 Å². The van der Waals surface area contributed by atoms with E-state index in [1.54, 1.807) is 12.3 Å². The fourth-order valence-corrected chi connectivity index (χ4v) is 2.84. The Hall–Kier alpha value is -1.81. The fraction of sp³-hybridized carbons (Fsp3) is 0.316. The lowest BCUT2D eigenvalue weighted by Crippen LogP contribution is -1.90. The first-order chi connectivity index (χ1) is 11.0. The molecule has 4 heteroatoms. The number of aliphatic imine (C=N–C) groups is 1. The van der Waals surface area contributed by atoms with Gasteiger partial charge in [0, 0.05) is 16.3 Å². The van der Waals surface area contributed by atoms with Gasteiger partial charge in [-0.1, -0.05) is 41.4 Å². The molecule has 3 nitrogen and oxygen atoms in total. The lowest BCUT2D eigenvalue weighted by Gasteiger charge is -2.07. The van der Waals surface area contributed by atoms with Gasteiger partial charge in [0.05, 0.1) is 12.8 Å². The molecule has 2 aromatic carbocycles. The molecule has 0 aromatic heterocycles. The van der Waals surface area contributed by atoms with Crippen LogP contribution < -0.4 is 4.74 Å². The van der Waals surface area contributed by atoms with Crippen molar-refractivity contribution in [3.8, 4) is 11.5 Å². The Balaban J connectivity index is 2.25. The van der Waals surface area contributed by atoms with Gasteiger partial charge >= 0.3 is 0 Å². The van der Waals surface area contributed by atoms with Crippen LogP contribution in [0.5, 0.6) is 11.5 Å². The monoisotopic (exact) mass is 375 g/mol. The molecule has 0 aliphatic heterocycles. The molecule has 0 spiro atoms. The molecule has 1 N–H and O–H groups in total. The number of phenols is 1. The highest BCUT2D eigenvalue weighted by Gasteiger charge is 2.08. The highest BCUT2D eigenvalue weighted by Crippen LogP contribution is 2.33. The molecule has 0 heterocycles. The van der Waals surface area contributed by atoms with E-state index in [0.717, 1.165) is 22.1 Å². The van der Waals surface area contributed by atoms with Crippen molar-refractivity contribution in [2.75, 3.05) is 7.11 Å². The summed E-state index contributed by atoms with van der Waals surface area (Å²) in [4.78, 5) is 4.51. The fourth-order valence-electron chi connectivity index (χ4n) is 2.39. The average Bonchev–Trinajstić information content (AvgIpc) is 2.54. The number of benzene rings is 2. The Labute approximate surface area is 146 Å². The van der Waals surface area contributed by atoms with Crippen molar-refractivity contribution >= 4 is 27.8 Å². The molecule has 0 unspecified atom stereocenters. The van der Waals surface area contributed by atoms with Crippen molar-refractivity contribution in [3.63, 3.8) is 0 Å². The topological polar surface area (TPSA) is 41.8 Å². The third kappa shape index (κ3) is 4.58. The van der Waals surface area contributed by atoms with Gasteiger partial charge in [-0.25, -0.2) is 0 Å². The zero-order valence-corrected chi connectivity index (χ0v) is 15.4. The number of hydrogen-bond acceptors (Lipinski definition) is 3. The molecule has 122 valence electrons. The second-order valence-corrected chi connectivity index (χ2v) is 6.44. The van der Waals surface area contributed by atoms with Crippen LogP contribution in [0.3, 0.4) is 0 Å². The second-order valence-electron chi connectivity index (χ2n) is 5.53. The summed E-state index contributed by atoms with van der Waals surface area (Å²) >= 11 is 3.41. The number of halogens is 1. The summed E-state index contributed by atoms with van der Waals surface area (Å²) in [6.07, 6.45) is 5.17. The molecule has 2 aromatic rings. The molecule has 0 radical (unpaired) electrons. The Morgan fingerprint density at radius 2 is 2.04 bits per heavy atom. The minimum absolute atomic E-state index is 0.0941. The highest BCUT2D eigenvalue weighted by molar-refractivity contribution is 9.10. The van der Waals surface area contributed by atoms with E-state index in [1.807, 2.05) is 12.1 Å². The maximum atomic E-state index is 10.2. The van der Waals surface area contributed by atoms with Gasteiger partial charge in [0.1, 0.15) is 0 Å².